The van der Waals surface area contributed by atoms with Gasteiger partial charge in [0.15, 0.2) is 0 Å². The van der Waals surface area contributed by atoms with Crippen LogP contribution in [-0.4, -0.2) is 6.04 Å². The molecule has 48 heavy (non-hydrogen) atoms. The number of nitrogens with zero attached hydrogens (tertiary/aromatic N) is 1. The van der Waals surface area contributed by atoms with Crippen molar-refractivity contribution in [2.75, 3.05) is 4.90 Å². The molecule has 0 bridgehead atoms. The van der Waals surface area contributed by atoms with Gasteiger partial charge in [-0.15, -0.1) is 0 Å². The molecule has 2 aliphatic rings. The van der Waals surface area contributed by atoms with E-state index in [2.05, 4.69) is 176 Å². The fourth-order valence-corrected chi connectivity index (χ4v) is 7.68. The first kappa shape index (κ1) is 29.8. The molecule has 0 saturated carbocycles. The molecule has 0 radical (unpaired) electrons. The van der Waals surface area contributed by atoms with Crippen LogP contribution in [0.2, 0.25) is 0 Å². The lowest BCUT2D eigenvalue weighted by Crippen LogP contribution is -2.39. The monoisotopic (exact) mass is 620 g/mol. The van der Waals surface area contributed by atoms with Gasteiger partial charge >= 0.3 is 0 Å². The first-order valence-corrected chi connectivity index (χ1v) is 17.1. The smallest absolute Gasteiger partial charge is 0.0601 e. The molecule has 0 aliphatic heterocycles. The largest absolute Gasteiger partial charge is 0.400 e. The molecule has 0 fully saturated rings. The zero-order valence-electron chi connectivity index (χ0n) is 27.4. The molecule has 2 aliphatic carbocycles. The highest BCUT2D eigenvalue weighted by atomic mass is 15.2. The Morgan fingerprint density at radius 3 is 1.81 bits per heavy atom. The van der Waals surface area contributed by atoms with E-state index in [0.717, 1.165) is 30.7 Å². The lowest BCUT2D eigenvalue weighted by atomic mass is 9.83. The van der Waals surface area contributed by atoms with E-state index in [-0.39, 0.29) is 6.04 Å². The zero-order valence-corrected chi connectivity index (χ0v) is 27.4. The van der Waals surface area contributed by atoms with Crippen LogP contribution in [0.15, 0.2) is 175 Å². The summed E-state index contributed by atoms with van der Waals surface area (Å²) in [4.78, 5) is 2.44. The van der Waals surface area contributed by atoms with E-state index in [9.17, 15) is 0 Å². The molecular weight excluding hydrogens is 581 g/mol. The lowest BCUT2D eigenvalue weighted by Gasteiger charge is -2.38. The number of hydrogen-bond acceptors (Lipinski definition) is 2. The molecule has 6 aromatic carbocycles. The molecule has 6 aromatic rings. The van der Waals surface area contributed by atoms with E-state index >= 15 is 0 Å². The van der Waals surface area contributed by atoms with Gasteiger partial charge in [0.05, 0.1) is 5.70 Å². The minimum Gasteiger partial charge on any atom is -0.400 e. The number of para-hydroxylation sites is 1. The highest BCUT2D eigenvalue weighted by Gasteiger charge is 2.27. The van der Waals surface area contributed by atoms with Crippen molar-refractivity contribution in [3.63, 3.8) is 0 Å². The molecule has 2 heteroatoms. The van der Waals surface area contributed by atoms with Gasteiger partial charge in [0.2, 0.25) is 0 Å². The predicted octanol–water partition coefficient (Wildman–Crippen LogP) is 11.7. The van der Waals surface area contributed by atoms with Gasteiger partial charge in [0, 0.05) is 23.3 Å². The predicted molar refractivity (Wildman–Crippen MR) is 206 cm³/mol. The summed E-state index contributed by atoms with van der Waals surface area (Å²) in [6, 6.07) is 48.6. The van der Waals surface area contributed by atoms with Gasteiger partial charge < -0.3 is 10.6 Å². The fourth-order valence-electron chi connectivity index (χ4n) is 7.68. The number of allylic oxidation sites excluding steroid dienone is 6. The first-order valence-electron chi connectivity index (χ1n) is 17.1. The van der Waals surface area contributed by atoms with Crippen LogP contribution in [-0.2, 0) is 0 Å². The second kappa shape index (κ2) is 12.9. The normalized spacial score (nSPS) is 16.7. The second-order valence-electron chi connectivity index (χ2n) is 13.0. The number of anilines is 1. The van der Waals surface area contributed by atoms with Crippen LogP contribution >= 0.6 is 0 Å². The van der Waals surface area contributed by atoms with Crippen molar-refractivity contribution in [3.05, 3.63) is 181 Å². The maximum absolute atomic E-state index is 6.62. The molecule has 0 saturated heterocycles. The molecule has 2 N–H and O–H groups in total. The highest BCUT2D eigenvalue weighted by molar-refractivity contribution is 6.21. The van der Waals surface area contributed by atoms with Crippen LogP contribution in [0.3, 0.4) is 0 Å². The van der Waals surface area contributed by atoms with Gasteiger partial charge in [0.1, 0.15) is 0 Å². The van der Waals surface area contributed by atoms with E-state index in [1.54, 1.807) is 0 Å². The third-order valence-corrected chi connectivity index (χ3v) is 10.1. The minimum absolute atomic E-state index is 0.235. The average molecular weight is 621 g/mol. The van der Waals surface area contributed by atoms with Crippen LogP contribution in [0.25, 0.3) is 49.4 Å². The summed E-state index contributed by atoms with van der Waals surface area (Å²) in [6.45, 7) is 2.34. The molecule has 0 aromatic heterocycles. The first-order chi connectivity index (χ1) is 23.7. The van der Waals surface area contributed by atoms with Gasteiger partial charge in [0.25, 0.3) is 0 Å². The van der Waals surface area contributed by atoms with E-state index in [1.165, 1.54) is 60.6 Å². The van der Waals surface area contributed by atoms with E-state index < -0.39 is 0 Å². The Balaban J connectivity index is 1.21. The summed E-state index contributed by atoms with van der Waals surface area (Å²) in [5.41, 5.74) is 17.5. The Morgan fingerprint density at radius 2 is 1.21 bits per heavy atom. The lowest BCUT2D eigenvalue weighted by molar-refractivity contribution is 0.517. The summed E-state index contributed by atoms with van der Waals surface area (Å²) >= 11 is 0. The van der Waals surface area contributed by atoms with Crippen molar-refractivity contribution in [3.8, 4) is 22.3 Å². The second-order valence-corrected chi connectivity index (χ2v) is 13.0. The van der Waals surface area contributed by atoms with E-state index in [0.29, 0.717) is 5.92 Å². The average Bonchev–Trinajstić information content (AvgIpc) is 3.15. The molecule has 0 heterocycles. The Morgan fingerprint density at radius 1 is 0.625 bits per heavy atom. The zero-order chi connectivity index (χ0) is 32.5. The highest BCUT2D eigenvalue weighted by Crippen LogP contribution is 2.45. The number of fused-ring (bicyclic) bond motifs is 2. The van der Waals surface area contributed by atoms with Crippen LogP contribution in [0.5, 0.6) is 0 Å². The van der Waals surface area contributed by atoms with Gasteiger partial charge in [-0.1, -0.05) is 140 Å². The maximum Gasteiger partial charge on any atom is 0.0601 e. The quantitative estimate of drug-likeness (QED) is 0.180. The number of nitrogens with two attached hydrogens (primary N) is 1. The standard InChI is InChI=1S/C46H40N2/c1-32(48(38-19-9-4-10-20-38)44-24-14-13-23-43(44)47)33-25-27-34(28-26-33)37-29-30-41-42(31-37)46(36-17-7-3-8-18-36)40-22-12-11-21-39(40)45(41)35-15-5-2-6-16-35/h2-12,14-22,24-25,27-33H,13,23,26,47H2,1H3. The molecule has 2 unspecified atom stereocenters. The molecule has 0 spiro atoms. The molecular formula is C46H40N2. The van der Waals surface area contributed by atoms with Gasteiger partial charge in [-0.2, -0.15) is 0 Å². The summed E-state index contributed by atoms with van der Waals surface area (Å²) in [5, 5.41) is 5.12. The summed E-state index contributed by atoms with van der Waals surface area (Å²) in [7, 11) is 0. The summed E-state index contributed by atoms with van der Waals surface area (Å²) < 4.78 is 0. The summed E-state index contributed by atoms with van der Waals surface area (Å²) in [5.74, 6) is 0.346. The topological polar surface area (TPSA) is 29.3 Å². The van der Waals surface area contributed by atoms with Crippen molar-refractivity contribution in [1.82, 2.24) is 0 Å². The Bertz CT molecular complexity index is 2220. The number of hydrogen-bond donors (Lipinski definition) is 1. The molecule has 8 rings (SSSR count). The molecule has 2 atom stereocenters. The third kappa shape index (κ3) is 5.44. The van der Waals surface area contributed by atoms with E-state index in [4.69, 9.17) is 5.73 Å². The van der Waals surface area contributed by atoms with Crippen LogP contribution in [0.1, 0.15) is 31.7 Å². The van der Waals surface area contributed by atoms with Crippen molar-refractivity contribution >= 4 is 32.8 Å². The fraction of sp³-hybridized carbons (Fsp3) is 0.130. The van der Waals surface area contributed by atoms with Crippen LogP contribution < -0.4 is 10.6 Å². The van der Waals surface area contributed by atoms with E-state index in [1.807, 2.05) is 0 Å². The van der Waals surface area contributed by atoms with Crippen molar-refractivity contribution in [2.24, 2.45) is 11.7 Å². The van der Waals surface area contributed by atoms with Crippen molar-refractivity contribution in [2.45, 2.75) is 32.2 Å². The molecule has 0 amide bonds. The minimum atomic E-state index is 0.235. The van der Waals surface area contributed by atoms with Crippen molar-refractivity contribution < 1.29 is 0 Å². The van der Waals surface area contributed by atoms with Crippen LogP contribution in [0.4, 0.5) is 5.69 Å². The van der Waals surface area contributed by atoms with Gasteiger partial charge in [-0.05, 0) is 105 Å². The van der Waals surface area contributed by atoms with Gasteiger partial charge in [-0.25, -0.2) is 0 Å². The molecule has 234 valence electrons. The van der Waals surface area contributed by atoms with Gasteiger partial charge in [-0.3, -0.25) is 0 Å². The maximum atomic E-state index is 6.62. The third-order valence-electron chi connectivity index (χ3n) is 10.1. The number of benzene rings is 6. The summed E-state index contributed by atoms with van der Waals surface area (Å²) in [6.07, 6.45) is 14.5. The van der Waals surface area contributed by atoms with Crippen LogP contribution in [0, 0.1) is 5.92 Å². The Kier molecular flexibility index (Phi) is 8.00. The number of rotatable bonds is 7. The molecule has 2 nitrogen and oxygen atoms in total. The van der Waals surface area contributed by atoms with Crippen molar-refractivity contribution in [1.29, 1.82) is 0 Å². The SMILES string of the molecule is CC(C1C=CC(c2ccc3c(-c4ccccc4)c4ccccc4c(-c4ccccc4)c3c2)=CC1)N(C1=C(N)CCC=C1)c1ccccc1. The Labute approximate surface area is 283 Å². The Hall–Kier alpha value is -5.60.